The maximum absolute atomic E-state index is 13.0. The molecule has 0 N–H and O–H groups in total. The molecule has 1 atom stereocenters. The summed E-state index contributed by atoms with van der Waals surface area (Å²) in [6.45, 7) is 2.60. The first-order valence-corrected chi connectivity index (χ1v) is 9.35. The van der Waals surface area contributed by atoms with Crippen LogP contribution in [0.1, 0.15) is 40.9 Å². The Morgan fingerprint density at radius 2 is 1.82 bits per heavy atom. The van der Waals surface area contributed by atoms with E-state index in [9.17, 15) is 9.59 Å². The van der Waals surface area contributed by atoms with Crippen LogP contribution in [0.5, 0.6) is 11.5 Å². The third-order valence-electron chi connectivity index (χ3n) is 5.00. The van der Waals surface area contributed by atoms with E-state index in [0.29, 0.717) is 30.2 Å². The molecule has 28 heavy (non-hydrogen) atoms. The zero-order valence-corrected chi connectivity index (χ0v) is 16.4. The number of fused-ring (bicyclic) bond motifs is 1. The first-order chi connectivity index (χ1) is 13.6. The fourth-order valence-corrected chi connectivity index (χ4v) is 3.60. The predicted molar refractivity (Wildman–Crippen MR) is 105 cm³/mol. The van der Waals surface area contributed by atoms with Crippen molar-refractivity contribution in [3.8, 4) is 11.5 Å². The zero-order chi connectivity index (χ0) is 20.1. The summed E-state index contributed by atoms with van der Waals surface area (Å²) in [5.41, 5.74) is 2.67. The van der Waals surface area contributed by atoms with Gasteiger partial charge in [-0.25, -0.2) is 4.79 Å². The highest BCUT2D eigenvalue weighted by molar-refractivity contribution is 5.97. The minimum atomic E-state index is -0.387. The lowest BCUT2D eigenvalue weighted by Crippen LogP contribution is -2.41. The number of carbonyl (C=O) groups excluding carboxylic acids is 2. The van der Waals surface area contributed by atoms with Crippen molar-refractivity contribution in [2.45, 2.75) is 25.8 Å². The van der Waals surface area contributed by atoms with Crippen LogP contribution < -0.4 is 9.47 Å². The van der Waals surface area contributed by atoms with Crippen LogP contribution in [0.2, 0.25) is 0 Å². The number of ketones is 1. The number of hydrogen-bond donors (Lipinski definition) is 0. The highest BCUT2D eigenvalue weighted by Gasteiger charge is 2.33. The molecule has 2 aromatic rings. The van der Waals surface area contributed by atoms with Crippen LogP contribution in [0.25, 0.3) is 0 Å². The van der Waals surface area contributed by atoms with Crippen LogP contribution in [0.4, 0.5) is 4.79 Å². The van der Waals surface area contributed by atoms with E-state index in [1.165, 1.54) is 7.11 Å². The largest absolute Gasteiger partial charge is 0.493 e. The lowest BCUT2D eigenvalue weighted by Gasteiger charge is -2.36. The maximum Gasteiger partial charge on any atom is 0.410 e. The molecular weight excluding hydrogens is 358 g/mol. The first-order valence-electron chi connectivity index (χ1n) is 9.35. The molecule has 0 spiro atoms. The van der Waals surface area contributed by atoms with E-state index < -0.39 is 0 Å². The van der Waals surface area contributed by atoms with Crippen molar-refractivity contribution in [1.82, 2.24) is 4.90 Å². The fourth-order valence-electron chi connectivity index (χ4n) is 3.60. The second-order valence-corrected chi connectivity index (χ2v) is 6.55. The average Bonchev–Trinajstić information content (AvgIpc) is 2.73. The molecule has 6 nitrogen and oxygen atoms in total. The Balaban J connectivity index is 1.90. The van der Waals surface area contributed by atoms with E-state index in [4.69, 9.17) is 14.2 Å². The number of hydrogen-bond acceptors (Lipinski definition) is 5. The number of carbonyl (C=O) groups is 2. The highest BCUT2D eigenvalue weighted by Crippen LogP contribution is 2.35. The topological polar surface area (TPSA) is 65.1 Å². The summed E-state index contributed by atoms with van der Waals surface area (Å²) >= 11 is 0. The second kappa shape index (κ2) is 8.78. The van der Waals surface area contributed by atoms with Crippen LogP contribution in [0, 0.1) is 0 Å². The van der Waals surface area contributed by atoms with Gasteiger partial charge in [0.25, 0.3) is 0 Å². The SMILES string of the molecule is CCOC(=O)N1CCc2ccccc2C1CC(=O)c1ccc(OC)c(OC)c1. The minimum absolute atomic E-state index is 0.0723. The standard InChI is InChI=1S/C22H25NO5/c1-4-28-22(25)23-12-11-15-7-5-6-8-17(15)18(23)14-19(24)16-9-10-20(26-2)21(13-16)27-3/h5-10,13,18H,4,11-12,14H2,1-3H3. The summed E-state index contributed by atoms with van der Waals surface area (Å²) in [5.74, 6) is 0.992. The van der Waals surface area contributed by atoms with Crippen LogP contribution in [0.3, 0.4) is 0 Å². The van der Waals surface area contributed by atoms with Crippen molar-refractivity contribution in [2.24, 2.45) is 0 Å². The molecule has 0 saturated heterocycles. The van der Waals surface area contributed by atoms with Gasteiger partial charge in [-0.15, -0.1) is 0 Å². The number of methoxy groups -OCH3 is 2. The molecular formula is C22H25NO5. The van der Waals surface area contributed by atoms with E-state index >= 15 is 0 Å². The van der Waals surface area contributed by atoms with Crippen LogP contribution >= 0.6 is 0 Å². The van der Waals surface area contributed by atoms with Gasteiger partial charge < -0.3 is 19.1 Å². The first kappa shape index (κ1) is 19.7. The molecule has 0 bridgehead atoms. The smallest absolute Gasteiger partial charge is 0.410 e. The summed E-state index contributed by atoms with van der Waals surface area (Å²) in [6.07, 6.45) is 0.531. The predicted octanol–water partition coefficient (Wildman–Crippen LogP) is 4.03. The normalized spacial score (nSPS) is 15.5. The molecule has 0 saturated carbocycles. The number of nitrogens with zero attached hydrogens (tertiary/aromatic N) is 1. The molecule has 2 aromatic carbocycles. The van der Waals surface area contributed by atoms with Crippen molar-refractivity contribution in [1.29, 1.82) is 0 Å². The van der Waals surface area contributed by atoms with E-state index in [1.807, 2.05) is 24.3 Å². The highest BCUT2D eigenvalue weighted by atomic mass is 16.6. The fraction of sp³-hybridized carbons (Fsp3) is 0.364. The van der Waals surface area contributed by atoms with E-state index in [0.717, 1.165) is 17.5 Å². The molecule has 6 heteroatoms. The van der Waals surface area contributed by atoms with Crippen LogP contribution in [-0.4, -0.2) is 44.1 Å². The van der Waals surface area contributed by atoms with Gasteiger partial charge in [0.1, 0.15) is 0 Å². The number of amides is 1. The van der Waals surface area contributed by atoms with E-state index in [-0.39, 0.29) is 24.3 Å². The Morgan fingerprint density at radius 1 is 1.07 bits per heavy atom. The Labute approximate surface area is 165 Å². The van der Waals surface area contributed by atoms with Gasteiger partial charge in [0.15, 0.2) is 17.3 Å². The Kier molecular flexibility index (Phi) is 6.19. The van der Waals surface area contributed by atoms with Gasteiger partial charge in [-0.1, -0.05) is 24.3 Å². The van der Waals surface area contributed by atoms with Crippen molar-refractivity contribution in [3.63, 3.8) is 0 Å². The molecule has 0 radical (unpaired) electrons. The molecule has 1 aliphatic rings. The molecule has 3 rings (SSSR count). The van der Waals surface area contributed by atoms with Crippen LogP contribution in [-0.2, 0) is 11.2 Å². The molecule has 148 valence electrons. The molecule has 1 amide bonds. The molecule has 0 aliphatic carbocycles. The summed E-state index contributed by atoms with van der Waals surface area (Å²) in [7, 11) is 3.08. The number of benzene rings is 2. The van der Waals surface area contributed by atoms with Gasteiger partial charge in [-0.3, -0.25) is 4.79 Å². The van der Waals surface area contributed by atoms with Crippen molar-refractivity contribution < 1.29 is 23.8 Å². The summed E-state index contributed by atoms with van der Waals surface area (Å²) in [6, 6.07) is 12.7. The number of Topliss-reactive ketones (excluding diaryl/α,β-unsaturated/α-hetero) is 1. The Bertz CT molecular complexity index is 864. The van der Waals surface area contributed by atoms with Crippen molar-refractivity contribution in [3.05, 3.63) is 59.2 Å². The number of rotatable bonds is 6. The lowest BCUT2D eigenvalue weighted by molar-refractivity contribution is 0.0769. The average molecular weight is 383 g/mol. The molecule has 0 fully saturated rings. The van der Waals surface area contributed by atoms with E-state index in [1.54, 1.807) is 37.1 Å². The minimum Gasteiger partial charge on any atom is -0.493 e. The van der Waals surface area contributed by atoms with Crippen molar-refractivity contribution >= 4 is 11.9 Å². The zero-order valence-electron chi connectivity index (χ0n) is 16.4. The van der Waals surface area contributed by atoms with Gasteiger partial charge in [0.05, 0.1) is 26.9 Å². The van der Waals surface area contributed by atoms with Crippen LogP contribution in [0.15, 0.2) is 42.5 Å². The Morgan fingerprint density at radius 3 is 2.54 bits per heavy atom. The third-order valence-corrected chi connectivity index (χ3v) is 5.00. The molecule has 1 aliphatic heterocycles. The Hall–Kier alpha value is -3.02. The molecule has 1 heterocycles. The maximum atomic E-state index is 13.0. The number of ether oxygens (including phenoxy) is 3. The third kappa shape index (κ3) is 3.96. The van der Waals surface area contributed by atoms with Gasteiger partial charge in [0, 0.05) is 18.5 Å². The van der Waals surface area contributed by atoms with E-state index in [2.05, 4.69) is 0 Å². The molecule has 0 aromatic heterocycles. The summed E-state index contributed by atoms with van der Waals surface area (Å²) in [5, 5.41) is 0. The summed E-state index contributed by atoms with van der Waals surface area (Å²) in [4.78, 5) is 27.2. The van der Waals surface area contributed by atoms with Gasteiger partial charge >= 0.3 is 6.09 Å². The molecule has 1 unspecified atom stereocenters. The monoisotopic (exact) mass is 383 g/mol. The van der Waals surface area contributed by atoms with Gasteiger partial charge in [-0.2, -0.15) is 0 Å². The van der Waals surface area contributed by atoms with Gasteiger partial charge in [-0.05, 0) is 42.7 Å². The quantitative estimate of drug-likeness (QED) is 0.705. The summed E-state index contributed by atoms with van der Waals surface area (Å²) < 4.78 is 15.8. The second-order valence-electron chi connectivity index (χ2n) is 6.55. The van der Waals surface area contributed by atoms with Gasteiger partial charge in [0.2, 0.25) is 0 Å². The van der Waals surface area contributed by atoms with Crippen molar-refractivity contribution in [2.75, 3.05) is 27.4 Å². The lowest BCUT2D eigenvalue weighted by atomic mass is 9.89.